The number of nitrogens with one attached hydrogen (secondary N) is 3. The van der Waals surface area contributed by atoms with Gasteiger partial charge in [-0.2, -0.15) is 0 Å². The Kier molecular flexibility index (Phi) is 25.9. The van der Waals surface area contributed by atoms with Crippen molar-refractivity contribution in [2.45, 2.75) is 19.0 Å². The molecule has 5 aromatic carbocycles. The Labute approximate surface area is 563 Å². The first-order valence-electron chi connectivity index (χ1n) is 30.2. The predicted octanol–water partition coefficient (Wildman–Crippen LogP) is -2.37. The van der Waals surface area contributed by atoms with E-state index in [9.17, 15) is 13.2 Å². The van der Waals surface area contributed by atoms with Gasteiger partial charge in [0.25, 0.3) is 0 Å². The van der Waals surface area contributed by atoms with Gasteiger partial charge in [0.2, 0.25) is 10.0 Å². The molecule has 1 aliphatic carbocycles. The van der Waals surface area contributed by atoms with Crippen molar-refractivity contribution in [1.29, 1.82) is 0 Å². The van der Waals surface area contributed by atoms with E-state index in [0.717, 1.165) is 53.8 Å². The summed E-state index contributed by atoms with van der Waals surface area (Å²) in [7, 11) is 83.3. The molecule has 0 saturated heterocycles. The highest BCUT2D eigenvalue weighted by Gasteiger charge is 2.50. The molecule has 0 saturated carbocycles. The summed E-state index contributed by atoms with van der Waals surface area (Å²) >= 11 is 0. The highest BCUT2D eigenvalue weighted by Crippen LogP contribution is 2.45. The number of hydrogen-bond acceptors (Lipinski definition) is 10. The Bertz CT molecular complexity index is 3460. The van der Waals surface area contributed by atoms with Crippen molar-refractivity contribution in [1.82, 2.24) is 19.5 Å². The van der Waals surface area contributed by atoms with Crippen molar-refractivity contribution in [3.05, 3.63) is 169 Å². The maximum Gasteiger partial charge on any atom is 0.414 e. The Morgan fingerprint density at radius 1 is 0.593 bits per heavy atom. The standard InChI is InChI=1S/C28H26N4O2.C13H16N4O2S.C8H10N2.B27/c1-30-16-20(29-19-30)17-31-14-15-32(27-13-7-6-12-26(27)31)28(33)34-18-25-23-10-4-2-8-21(23)22-9-3-5-11-24(22)25;1-20(18,19)17-7-6-16(9-11-8-14-10-15-11)12-4-2-3-5-13(12)17;1-2-4-8-7(3-1)9-5-6-10-8;1-15-22(14)26(23(16(2)3)17(4)5)27(24(18(6)7)19(8)9)25(20(10)11)21(12)13/h2-13,16,19,25H,14-15,17-18H2,1H3;2-5,8,10H,6-7,9H2,1H3,(H,14,15);1-4,9-10H,5-6H2;. The van der Waals surface area contributed by atoms with E-state index in [4.69, 9.17) is 113 Å². The molecule has 29 radical (unpaired) electrons. The fourth-order valence-corrected chi connectivity index (χ4v) is 13.8. The molecule has 0 spiro atoms. The molecule has 4 aliphatic rings. The normalized spacial score (nSPS) is 13.2. The summed E-state index contributed by atoms with van der Waals surface area (Å²) in [6, 6.07) is 40.6. The van der Waals surface area contributed by atoms with Gasteiger partial charge in [0, 0.05) is 250 Å². The van der Waals surface area contributed by atoms with Gasteiger partial charge in [-0.1, -0.05) is 84.9 Å². The van der Waals surface area contributed by atoms with Crippen LogP contribution in [0.15, 0.2) is 146 Å². The number of para-hydroxylation sites is 6. The molecular weight excluding hydrogens is 1120 g/mol. The molecule has 2 aromatic heterocycles. The molecule has 14 nitrogen and oxygen atoms in total. The van der Waals surface area contributed by atoms with Crippen LogP contribution in [0.4, 0.5) is 38.9 Å². The van der Waals surface area contributed by atoms with Gasteiger partial charge in [0.1, 0.15) is 6.61 Å². The number of aryl methyl sites for hydroxylation is 1. The molecule has 1 amide bonds. The number of sulfonamides is 1. The lowest BCUT2D eigenvalue weighted by Gasteiger charge is -2.48. The van der Waals surface area contributed by atoms with E-state index < -0.39 is 86.6 Å². The van der Waals surface area contributed by atoms with Crippen molar-refractivity contribution in [3.8, 4) is 11.1 Å². The van der Waals surface area contributed by atoms with Crippen molar-refractivity contribution in [2.75, 3.05) is 81.8 Å². The molecular formula is C49H52B27N10O4S. The number of nitrogens with zero attached hydrogens (tertiary/aromatic N) is 7. The van der Waals surface area contributed by atoms with Gasteiger partial charge >= 0.3 is 6.09 Å². The number of imidazole rings is 2. The van der Waals surface area contributed by atoms with Crippen LogP contribution in [0.25, 0.3) is 11.1 Å². The van der Waals surface area contributed by atoms with Crippen LogP contribution in [0.1, 0.15) is 28.4 Å². The number of fused-ring (bicyclic) bond motifs is 6. The van der Waals surface area contributed by atoms with Gasteiger partial charge < -0.3 is 34.7 Å². The second-order valence-corrected chi connectivity index (χ2v) is 25.1. The minimum atomic E-state index is -3.24. The number of H-pyrrole nitrogens is 1. The lowest BCUT2D eigenvalue weighted by Crippen LogP contribution is -2.86. The maximum absolute atomic E-state index is 13.3. The third kappa shape index (κ3) is 17.8. The summed E-state index contributed by atoms with van der Waals surface area (Å²) in [5, 5.41) is 6.60. The molecule has 409 valence electrons. The molecule has 0 unspecified atom stereocenters. The van der Waals surface area contributed by atoms with Crippen LogP contribution in [0.3, 0.4) is 0 Å². The van der Waals surface area contributed by atoms with Crippen molar-refractivity contribution >= 4 is 242 Å². The van der Waals surface area contributed by atoms with E-state index in [1.165, 1.54) is 51.3 Å². The molecule has 3 N–H and O–H groups in total. The Hall–Kier alpha value is -5.51. The number of benzene rings is 5. The maximum atomic E-state index is 13.3. The van der Waals surface area contributed by atoms with Gasteiger partial charge in [0.15, 0.2) is 0 Å². The molecule has 11 rings (SSSR count). The smallest absolute Gasteiger partial charge is 0.414 e. The van der Waals surface area contributed by atoms with Crippen LogP contribution in [-0.4, -0.2) is 278 Å². The number of carbonyl (C=O) groups excluding carboxylic acids is 1. The van der Waals surface area contributed by atoms with E-state index in [0.29, 0.717) is 39.3 Å². The molecule has 0 fully saturated rings. The van der Waals surface area contributed by atoms with Crippen LogP contribution < -0.4 is 29.6 Å². The van der Waals surface area contributed by atoms with Crippen LogP contribution in [0.5, 0.6) is 0 Å². The summed E-state index contributed by atoms with van der Waals surface area (Å²) in [5.74, 6) is 0.0528. The van der Waals surface area contributed by atoms with Gasteiger partial charge in [-0.05, 0) is 58.7 Å². The third-order valence-corrected chi connectivity index (χ3v) is 18.1. The van der Waals surface area contributed by atoms with Crippen LogP contribution >= 0.6 is 0 Å². The number of carbonyl (C=O) groups is 1. The monoisotopic (exact) mass is 1170 g/mol. The second kappa shape index (κ2) is 33.1. The first-order valence-corrected chi connectivity index (χ1v) is 32.0. The number of amides is 1. The Balaban J connectivity index is 0.000000167. The summed E-state index contributed by atoms with van der Waals surface area (Å²) < 4.78 is 33.1. The SMILES string of the molecule is CS(=O)(=O)N1CCN(Cc2cnc[nH]2)c2ccccc21.Cn1cnc(CN2CCN(C(=O)OCC3c4ccccc4-c4ccccc43)c3ccccc32)c1.[B][B]B([B])B(B(B([B])[B])B([B])[B])B(B(B([B])[B])B([B])[B])B(B([B])[B])B([B])[B].c1ccc2c(c1)NCCN2. The summed E-state index contributed by atoms with van der Waals surface area (Å²) in [6.07, 6.45) is -2.32. The van der Waals surface area contributed by atoms with Crippen LogP contribution in [0.2, 0.25) is 0 Å². The predicted molar refractivity (Wildman–Crippen MR) is 410 cm³/mol. The van der Waals surface area contributed by atoms with Crippen LogP contribution in [0, 0.1) is 0 Å². The van der Waals surface area contributed by atoms with Gasteiger partial charge in [-0.15, -0.1) is 0 Å². The number of rotatable bonds is 19. The fraction of sp³-hybridized carbons (Fsp3) is 0.245. The number of anilines is 6. The summed E-state index contributed by atoms with van der Waals surface area (Å²) in [5.41, 5.74) is 12.9. The molecule has 0 bridgehead atoms. The van der Waals surface area contributed by atoms with E-state index in [1.54, 1.807) is 17.4 Å². The molecule has 7 aromatic rings. The van der Waals surface area contributed by atoms with Crippen molar-refractivity contribution < 1.29 is 17.9 Å². The summed E-state index contributed by atoms with van der Waals surface area (Å²) in [4.78, 5) is 31.0. The largest absolute Gasteiger partial charge is 0.448 e. The van der Waals surface area contributed by atoms with E-state index in [1.807, 2.05) is 78.7 Å². The zero-order chi connectivity index (χ0) is 65.7. The van der Waals surface area contributed by atoms with E-state index in [2.05, 4.69) is 102 Å². The molecule has 91 heavy (non-hydrogen) atoms. The Morgan fingerprint density at radius 3 is 1.54 bits per heavy atom. The first kappa shape index (κ1) is 71.3. The van der Waals surface area contributed by atoms with Gasteiger partial charge in [-0.25, -0.2) is 23.2 Å². The van der Waals surface area contributed by atoms with E-state index in [-0.39, 0.29) is 12.0 Å². The average molecular weight is 1170 g/mol. The minimum absolute atomic E-state index is 0.0528. The quantitative estimate of drug-likeness (QED) is 0.0754. The number of aromatic nitrogens is 4. The highest BCUT2D eigenvalue weighted by molar-refractivity contribution is 8.25. The highest BCUT2D eigenvalue weighted by atomic mass is 32.2. The minimum Gasteiger partial charge on any atom is -0.448 e. The van der Waals surface area contributed by atoms with Crippen molar-refractivity contribution in [3.63, 3.8) is 0 Å². The second-order valence-electron chi connectivity index (χ2n) is 23.2. The topological polar surface area (TPSA) is 144 Å². The van der Waals surface area contributed by atoms with Gasteiger partial charge in [0.05, 0.1) is 84.1 Å². The zero-order valence-corrected chi connectivity index (χ0v) is 52.4. The molecule has 5 heterocycles. The van der Waals surface area contributed by atoms with Gasteiger partial charge in [-0.3, -0.25) is 9.21 Å². The third-order valence-electron chi connectivity index (χ3n) is 16.9. The lowest BCUT2D eigenvalue weighted by atomic mass is 8.33. The average Bonchev–Trinajstić information content (AvgIpc) is 1.79. The van der Waals surface area contributed by atoms with Crippen molar-refractivity contribution in [2.24, 2.45) is 7.05 Å². The van der Waals surface area contributed by atoms with Crippen LogP contribution in [-0.2, 0) is 34.9 Å². The lowest BCUT2D eigenvalue weighted by molar-refractivity contribution is 0.150. The zero-order valence-electron chi connectivity index (χ0n) is 51.6. The number of ether oxygens (including phenoxy) is 1. The number of aromatic amines is 1. The first-order chi connectivity index (χ1) is 43.5. The Morgan fingerprint density at radius 2 is 1.05 bits per heavy atom. The molecule has 42 heteroatoms. The number of hydrogen-bond donors (Lipinski definition) is 3. The molecule has 3 aliphatic heterocycles. The van der Waals surface area contributed by atoms with E-state index >= 15 is 0 Å². The fourth-order valence-electron chi connectivity index (χ4n) is 12.8. The molecule has 0 atom stereocenters. The summed E-state index contributed by atoms with van der Waals surface area (Å²) in [6.45, 7) is 6.17.